The first-order chi connectivity index (χ1) is 9.38. The minimum absolute atomic E-state index is 0.334. The van der Waals surface area contributed by atoms with Crippen molar-refractivity contribution in [3.63, 3.8) is 0 Å². The summed E-state index contributed by atoms with van der Waals surface area (Å²) in [7, 11) is 0. The molecule has 0 amide bonds. The molecule has 2 heterocycles. The van der Waals surface area contributed by atoms with Gasteiger partial charge in [0.2, 0.25) is 0 Å². The van der Waals surface area contributed by atoms with Crippen LogP contribution in [0.4, 0.5) is 0 Å². The highest BCUT2D eigenvalue weighted by molar-refractivity contribution is 5.32. The van der Waals surface area contributed by atoms with E-state index in [2.05, 4.69) is 35.4 Å². The Bertz CT molecular complexity index is 547. The van der Waals surface area contributed by atoms with Crippen LogP contribution in [0.3, 0.4) is 0 Å². The molecule has 0 saturated heterocycles. The van der Waals surface area contributed by atoms with Gasteiger partial charge in [-0.3, -0.25) is 4.98 Å². The molecule has 1 aliphatic rings. The van der Waals surface area contributed by atoms with Gasteiger partial charge in [-0.25, -0.2) is 0 Å². The van der Waals surface area contributed by atoms with Gasteiger partial charge < -0.3 is 9.73 Å². The Morgan fingerprint density at radius 1 is 1.37 bits per heavy atom. The summed E-state index contributed by atoms with van der Waals surface area (Å²) < 4.78 is 5.98. The highest BCUT2D eigenvalue weighted by Crippen LogP contribution is 2.35. The highest BCUT2D eigenvalue weighted by Gasteiger charge is 2.25. The summed E-state index contributed by atoms with van der Waals surface area (Å²) in [6, 6.07) is 8.41. The molecule has 3 nitrogen and oxygen atoms in total. The third-order valence-electron chi connectivity index (χ3n) is 3.77. The van der Waals surface area contributed by atoms with Crippen LogP contribution in [0.25, 0.3) is 0 Å². The average molecular weight is 256 g/mol. The molecule has 1 aliphatic carbocycles. The van der Waals surface area contributed by atoms with Gasteiger partial charge in [0.05, 0.1) is 18.2 Å². The van der Waals surface area contributed by atoms with Gasteiger partial charge in [-0.2, -0.15) is 0 Å². The number of aryl methyl sites for hydroxylation is 1. The van der Waals surface area contributed by atoms with Crippen molar-refractivity contribution in [3.8, 4) is 0 Å². The fourth-order valence-electron chi connectivity index (χ4n) is 2.81. The molecule has 1 N–H and O–H groups in total. The van der Waals surface area contributed by atoms with Crippen LogP contribution in [0.5, 0.6) is 0 Å². The monoisotopic (exact) mass is 256 g/mol. The van der Waals surface area contributed by atoms with Crippen molar-refractivity contribution in [2.45, 2.75) is 38.6 Å². The van der Waals surface area contributed by atoms with Crippen molar-refractivity contribution in [2.75, 3.05) is 6.54 Å². The van der Waals surface area contributed by atoms with Crippen molar-refractivity contribution >= 4 is 0 Å². The summed E-state index contributed by atoms with van der Waals surface area (Å²) in [4.78, 5) is 4.57. The smallest absolute Gasteiger partial charge is 0.117 e. The van der Waals surface area contributed by atoms with Gasteiger partial charge in [-0.15, -0.1) is 0 Å². The van der Waals surface area contributed by atoms with Gasteiger partial charge >= 0.3 is 0 Å². The van der Waals surface area contributed by atoms with Gasteiger partial charge in [0.15, 0.2) is 0 Å². The second kappa shape index (κ2) is 5.57. The first-order valence-electron chi connectivity index (χ1n) is 7.11. The van der Waals surface area contributed by atoms with Crippen molar-refractivity contribution in [1.29, 1.82) is 0 Å². The minimum atomic E-state index is 0.334. The lowest BCUT2D eigenvalue weighted by atomic mass is 9.85. The molecular formula is C16H20N2O. The predicted molar refractivity (Wildman–Crippen MR) is 75.1 cm³/mol. The molecule has 3 rings (SSSR count). The normalized spacial score (nSPS) is 18.3. The van der Waals surface area contributed by atoms with Crippen molar-refractivity contribution in [2.24, 2.45) is 0 Å². The number of nitrogens with one attached hydrogen (secondary N) is 1. The zero-order valence-electron chi connectivity index (χ0n) is 11.4. The molecule has 0 fully saturated rings. The van der Waals surface area contributed by atoms with Gasteiger partial charge in [0, 0.05) is 6.20 Å². The number of nitrogens with zero attached hydrogens (tertiary/aromatic N) is 1. The molecule has 2 aromatic rings. The molecule has 3 heteroatoms. The molecule has 0 bridgehead atoms. The van der Waals surface area contributed by atoms with E-state index < -0.39 is 0 Å². The lowest BCUT2D eigenvalue weighted by Gasteiger charge is -2.22. The third kappa shape index (κ3) is 2.56. The Kier molecular flexibility index (Phi) is 3.65. The summed E-state index contributed by atoms with van der Waals surface area (Å²) in [5, 5.41) is 3.29. The van der Waals surface area contributed by atoms with E-state index in [1.165, 1.54) is 17.7 Å². The fraction of sp³-hybridized carbons (Fsp3) is 0.438. The standard InChI is InChI=1S/C16H20N2O/c1-2-17-11-13-8-9-15(19-13)14-7-3-5-12-6-4-10-18-16(12)14/h4,6,8-10,14,17H,2-3,5,7,11H2,1H3. The van der Waals surface area contributed by atoms with Crippen molar-refractivity contribution in [1.82, 2.24) is 10.3 Å². The number of aromatic nitrogens is 1. The van der Waals surface area contributed by atoms with Gasteiger partial charge in [-0.05, 0) is 49.6 Å². The molecule has 1 atom stereocenters. The Morgan fingerprint density at radius 3 is 3.21 bits per heavy atom. The first-order valence-corrected chi connectivity index (χ1v) is 7.11. The SMILES string of the molecule is CCNCc1ccc(C2CCCc3cccnc32)o1. The maximum atomic E-state index is 5.98. The van der Waals surface area contributed by atoms with Gasteiger partial charge in [-0.1, -0.05) is 13.0 Å². The Morgan fingerprint density at radius 2 is 2.32 bits per heavy atom. The lowest BCUT2D eigenvalue weighted by Crippen LogP contribution is -2.12. The van der Waals surface area contributed by atoms with Crippen LogP contribution in [-0.2, 0) is 13.0 Å². The molecule has 2 aromatic heterocycles. The van der Waals surface area contributed by atoms with E-state index in [0.717, 1.165) is 37.5 Å². The lowest BCUT2D eigenvalue weighted by molar-refractivity contribution is 0.414. The molecule has 0 aliphatic heterocycles. The number of hydrogen-bond acceptors (Lipinski definition) is 3. The summed E-state index contributed by atoms with van der Waals surface area (Å²) >= 11 is 0. The largest absolute Gasteiger partial charge is 0.464 e. The maximum absolute atomic E-state index is 5.98. The van der Waals surface area contributed by atoms with E-state index in [0.29, 0.717) is 5.92 Å². The van der Waals surface area contributed by atoms with Crippen LogP contribution in [-0.4, -0.2) is 11.5 Å². The molecule has 1 unspecified atom stereocenters. The van der Waals surface area contributed by atoms with Gasteiger partial charge in [0.25, 0.3) is 0 Å². The molecule has 0 saturated carbocycles. The number of rotatable bonds is 4. The van der Waals surface area contributed by atoms with Crippen LogP contribution in [0.2, 0.25) is 0 Å². The quantitative estimate of drug-likeness (QED) is 0.912. The number of fused-ring (bicyclic) bond motifs is 1. The fourth-order valence-corrected chi connectivity index (χ4v) is 2.81. The van der Waals surface area contributed by atoms with E-state index in [9.17, 15) is 0 Å². The highest BCUT2D eigenvalue weighted by atomic mass is 16.3. The molecule has 100 valence electrons. The summed E-state index contributed by atoms with van der Waals surface area (Å²) in [6.07, 6.45) is 5.38. The Labute approximate surface area is 114 Å². The van der Waals surface area contributed by atoms with Gasteiger partial charge in [0.1, 0.15) is 11.5 Å². The molecular weight excluding hydrogens is 236 g/mol. The van der Waals surface area contributed by atoms with Crippen LogP contribution in [0, 0.1) is 0 Å². The number of furan rings is 1. The van der Waals surface area contributed by atoms with E-state index >= 15 is 0 Å². The topological polar surface area (TPSA) is 38.1 Å². The zero-order valence-corrected chi connectivity index (χ0v) is 11.4. The van der Waals surface area contributed by atoms with Crippen LogP contribution in [0.15, 0.2) is 34.9 Å². The average Bonchev–Trinajstić information content (AvgIpc) is 2.93. The zero-order chi connectivity index (χ0) is 13.1. The molecule has 0 radical (unpaired) electrons. The molecule has 19 heavy (non-hydrogen) atoms. The van der Waals surface area contributed by atoms with E-state index in [-0.39, 0.29) is 0 Å². The Hall–Kier alpha value is -1.61. The van der Waals surface area contributed by atoms with E-state index in [4.69, 9.17) is 4.42 Å². The summed E-state index contributed by atoms with van der Waals surface area (Å²) in [5.74, 6) is 2.41. The maximum Gasteiger partial charge on any atom is 0.117 e. The van der Waals surface area contributed by atoms with Crippen molar-refractivity contribution < 1.29 is 4.42 Å². The van der Waals surface area contributed by atoms with Crippen molar-refractivity contribution in [3.05, 3.63) is 53.2 Å². The molecule has 0 aromatic carbocycles. The first kappa shape index (κ1) is 12.4. The van der Waals surface area contributed by atoms with Crippen LogP contribution >= 0.6 is 0 Å². The van der Waals surface area contributed by atoms with E-state index in [1.54, 1.807) is 0 Å². The number of pyridine rings is 1. The molecule has 0 spiro atoms. The predicted octanol–water partition coefficient (Wildman–Crippen LogP) is 3.25. The van der Waals surface area contributed by atoms with Crippen LogP contribution in [0.1, 0.15) is 48.5 Å². The second-order valence-electron chi connectivity index (χ2n) is 5.08. The van der Waals surface area contributed by atoms with E-state index in [1.807, 2.05) is 12.3 Å². The summed E-state index contributed by atoms with van der Waals surface area (Å²) in [6.45, 7) is 3.87. The Balaban J connectivity index is 1.85. The minimum Gasteiger partial charge on any atom is -0.464 e. The third-order valence-corrected chi connectivity index (χ3v) is 3.77. The second-order valence-corrected chi connectivity index (χ2v) is 5.08. The van der Waals surface area contributed by atoms with Crippen LogP contribution < -0.4 is 5.32 Å². The summed E-state index contributed by atoms with van der Waals surface area (Å²) in [5.41, 5.74) is 2.58. The number of hydrogen-bond donors (Lipinski definition) is 1.